The number of aryl methyl sites for hydroxylation is 1. The molecule has 12 heteroatoms. The normalized spacial score (nSPS) is 11.0. The monoisotopic (exact) mass is 503 g/mol. The predicted octanol–water partition coefficient (Wildman–Crippen LogP) is 5.79. The number of aromatic hydroxyl groups is 1. The Bertz CT molecular complexity index is 1170. The number of alkyl halides is 3. The number of aliphatic hydroxyl groups excluding tert-OH is 1. The minimum Gasteiger partial charge on any atom is -0.507 e. The van der Waals surface area contributed by atoms with Crippen LogP contribution in [0.3, 0.4) is 0 Å². The van der Waals surface area contributed by atoms with Crippen molar-refractivity contribution in [3.8, 4) is 17.0 Å². The van der Waals surface area contributed by atoms with Crippen molar-refractivity contribution in [2.45, 2.75) is 33.1 Å². The summed E-state index contributed by atoms with van der Waals surface area (Å²) in [5, 5.41) is 21.6. The predicted molar refractivity (Wildman–Crippen MR) is 115 cm³/mol. The Labute approximate surface area is 196 Å². The van der Waals surface area contributed by atoms with E-state index in [0.717, 1.165) is 25.1 Å². The molecule has 0 aliphatic carbocycles. The molecule has 0 bridgehead atoms. The number of carbonyl (C=O) groups excluding carboxylic acids is 1. The third kappa shape index (κ3) is 6.84. The Morgan fingerprint density at radius 2 is 1.82 bits per heavy atom. The minimum atomic E-state index is -3.96. The number of hydrogen-bond acceptors (Lipinski definition) is 5. The lowest BCUT2D eigenvalue weighted by Crippen LogP contribution is -2.14. The third-order valence-corrected chi connectivity index (χ3v) is 4.73. The SMILES string of the molecule is CCC(F)(F)F.Cc1ncc(-c2cc(O)c(C(=O)Nc3c(F)cccc3Cl)cc2F)nc1CO. The van der Waals surface area contributed by atoms with Crippen molar-refractivity contribution in [3.63, 3.8) is 0 Å². The zero-order chi connectivity index (χ0) is 25.6. The number of amides is 1. The van der Waals surface area contributed by atoms with Gasteiger partial charge in [0.05, 0.1) is 46.2 Å². The molecule has 3 rings (SSSR count). The molecule has 3 N–H and O–H groups in total. The van der Waals surface area contributed by atoms with Gasteiger partial charge < -0.3 is 15.5 Å². The smallest absolute Gasteiger partial charge is 0.388 e. The molecule has 2 aromatic carbocycles. The highest BCUT2D eigenvalue weighted by molar-refractivity contribution is 6.34. The van der Waals surface area contributed by atoms with Gasteiger partial charge in [-0.2, -0.15) is 13.2 Å². The molecule has 0 saturated carbocycles. The maximum atomic E-state index is 14.6. The Morgan fingerprint density at radius 1 is 1.18 bits per heavy atom. The van der Waals surface area contributed by atoms with Gasteiger partial charge >= 0.3 is 6.18 Å². The molecule has 0 aliphatic heterocycles. The second-order valence-corrected chi connectivity index (χ2v) is 7.22. The fourth-order valence-electron chi connectivity index (χ4n) is 2.51. The number of aliphatic hydroxyl groups is 1. The molecule has 6 nitrogen and oxygen atoms in total. The summed E-state index contributed by atoms with van der Waals surface area (Å²) < 4.78 is 60.8. The number of aromatic nitrogens is 2. The van der Waals surface area contributed by atoms with Crippen molar-refractivity contribution in [1.29, 1.82) is 0 Å². The van der Waals surface area contributed by atoms with Crippen LogP contribution in [0.2, 0.25) is 5.02 Å². The molecule has 0 unspecified atom stereocenters. The van der Waals surface area contributed by atoms with E-state index in [1.54, 1.807) is 6.92 Å². The Morgan fingerprint density at radius 3 is 2.38 bits per heavy atom. The number of halogens is 6. The van der Waals surface area contributed by atoms with Crippen molar-refractivity contribution < 1.29 is 37.0 Å². The van der Waals surface area contributed by atoms with Crippen LogP contribution in [0.25, 0.3) is 11.3 Å². The van der Waals surface area contributed by atoms with Crippen LogP contribution < -0.4 is 5.32 Å². The summed E-state index contributed by atoms with van der Waals surface area (Å²) in [6.45, 7) is 2.33. The topological polar surface area (TPSA) is 95.3 Å². The molecule has 0 aliphatic rings. The summed E-state index contributed by atoms with van der Waals surface area (Å²) in [4.78, 5) is 20.5. The Kier molecular flexibility index (Phi) is 8.88. The zero-order valence-electron chi connectivity index (χ0n) is 17.8. The lowest BCUT2D eigenvalue weighted by Gasteiger charge is -2.12. The van der Waals surface area contributed by atoms with Crippen LogP contribution in [0.15, 0.2) is 36.5 Å². The van der Waals surface area contributed by atoms with Crippen LogP contribution in [-0.2, 0) is 6.61 Å². The molecule has 3 aromatic rings. The molecule has 182 valence electrons. The molecule has 34 heavy (non-hydrogen) atoms. The fraction of sp³-hybridized carbons (Fsp3) is 0.227. The number of benzene rings is 2. The van der Waals surface area contributed by atoms with E-state index in [4.69, 9.17) is 11.6 Å². The van der Waals surface area contributed by atoms with E-state index in [0.29, 0.717) is 5.69 Å². The molecule has 0 radical (unpaired) electrons. The molecule has 0 spiro atoms. The first kappa shape index (κ1) is 26.9. The van der Waals surface area contributed by atoms with Gasteiger partial charge in [0.1, 0.15) is 17.4 Å². The molecule has 1 amide bonds. The van der Waals surface area contributed by atoms with Gasteiger partial charge in [-0.3, -0.25) is 9.78 Å². The lowest BCUT2D eigenvalue weighted by molar-refractivity contribution is -0.130. The summed E-state index contributed by atoms with van der Waals surface area (Å²) in [6.07, 6.45) is -3.40. The van der Waals surface area contributed by atoms with Gasteiger partial charge in [0, 0.05) is 12.0 Å². The van der Waals surface area contributed by atoms with Gasteiger partial charge in [-0.1, -0.05) is 24.6 Å². The zero-order valence-corrected chi connectivity index (χ0v) is 18.6. The highest BCUT2D eigenvalue weighted by atomic mass is 35.5. The van der Waals surface area contributed by atoms with Gasteiger partial charge in [0.2, 0.25) is 0 Å². The van der Waals surface area contributed by atoms with E-state index < -0.39 is 41.5 Å². The first-order chi connectivity index (χ1) is 15.9. The summed E-state index contributed by atoms with van der Waals surface area (Å²) in [5.41, 5.74) is 0.00541. The molecule has 0 atom stereocenters. The molecule has 1 aromatic heterocycles. The van der Waals surface area contributed by atoms with Crippen molar-refractivity contribution in [1.82, 2.24) is 9.97 Å². The van der Waals surface area contributed by atoms with Crippen LogP contribution in [0.1, 0.15) is 35.1 Å². The van der Waals surface area contributed by atoms with Crippen molar-refractivity contribution in [2.24, 2.45) is 0 Å². The van der Waals surface area contributed by atoms with Crippen LogP contribution in [0.4, 0.5) is 27.6 Å². The Balaban J connectivity index is 0.000000604. The molecule has 0 fully saturated rings. The van der Waals surface area contributed by atoms with Crippen molar-refractivity contribution in [2.75, 3.05) is 5.32 Å². The summed E-state index contributed by atoms with van der Waals surface area (Å²) in [7, 11) is 0. The average molecular weight is 504 g/mol. The van der Waals surface area contributed by atoms with Gasteiger partial charge in [-0.15, -0.1) is 0 Å². The van der Waals surface area contributed by atoms with Crippen LogP contribution in [0.5, 0.6) is 5.75 Å². The number of rotatable bonds is 4. The molecule has 0 saturated heterocycles. The first-order valence-electron chi connectivity index (χ1n) is 9.66. The highest BCUT2D eigenvalue weighted by Crippen LogP contribution is 2.31. The molecule has 1 heterocycles. The van der Waals surface area contributed by atoms with E-state index >= 15 is 0 Å². The van der Waals surface area contributed by atoms with E-state index in [2.05, 4.69) is 15.3 Å². The average Bonchev–Trinajstić information content (AvgIpc) is 2.78. The molecular formula is C22H19ClF5N3O3. The van der Waals surface area contributed by atoms with Crippen molar-refractivity contribution >= 4 is 23.2 Å². The second kappa shape index (κ2) is 11.2. The number of nitrogens with one attached hydrogen (secondary N) is 1. The third-order valence-electron chi connectivity index (χ3n) is 4.41. The van der Waals surface area contributed by atoms with Gasteiger partial charge in [0.25, 0.3) is 5.91 Å². The quantitative estimate of drug-likeness (QED) is 0.392. The van der Waals surface area contributed by atoms with E-state index in [-0.39, 0.29) is 34.3 Å². The van der Waals surface area contributed by atoms with Gasteiger partial charge in [-0.05, 0) is 31.2 Å². The number of phenols is 1. The Hall–Kier alpha value is -3.31. The molecular weight excluding hydrogens is 485 g/mol. The van der Waals surface area contributed by atoms with Gasteiger partial charge in [0.15, 0.2) is 0 Å². The maximum absolute atomic E-state index is 14.6. The summed E-state index contributed by atoms with van der Waals surface area (Å²) in [6, 6.07) is 5.64. The summed E-state index contributed by atoms with van der Waals surface area (Å²) in [5.74, 6) is -3.12. The number of phenolic OH excluding ortho intramolecular Hbond substituents is 1. The summed E-state index contributed by atoms with van der Waals surface area (Å²) >= 11 is 5.85. The fourth-order valence-corrected chi connectivity index (χ4v) is 2.72. The van der Waals surface area contributed by atoms with Crippen LogP contribution in [0, 0.1) is 18.6 Å². The van der Waals surface area contributed by atoms with E-state index in [1.165, 1.54) is 18.3 Å². The number of anilines is 1. The second-order valence-electron chi connectivity index (χ2n) is 6.81. The lowest BCUT2D eigenvalue weighted by atomic mass is 10.1. The largest absolute Gasteiger partial charge is 0.507 e. The minimum absolute atomic E-state index is 0.0450. The number of nitrogens with zero attached hydrogens (tertiary/aromatic N) is 2. The maximum Gasteiger partial charge on any atom is 0.388 e. The van der Waals surface area contributed by atoms with Crippen LogP contribution in [-0.4, -0.2) is 32.3 Å². The number of hydrogen-bond donors (Lipinski definition) is 3. The highest BCUT2D eigenvalue weighted by Gasteiger charge is 2.22. The van der Waals surface area contributed by atoms with E-state index in [1.807, 2.05) is 0 Å². The number of para-hydroxylation sites is 1. The van der Waals surface area contributed by atoms with E-state index in [9.17, 15) is 37.0 Å². The first-order valence-corrected chi connectivity index (χ1v) is 10.0. The standard InChI is InChI=1S/C19H14ClF2N3O3.C3H5F3/c1-9-16(8-26)24-15(7-23-9)10-6-17(27)11(5-14(10)22)19(28)25-18-12(20)3-2-4-13(18)21;1-2-3(4,5)6/h2-7,26-27H,8H2,1H3,(H,25,28);2H2,1H3. The van der Waals surface area contributed by atoms with Crippen molar-refractivity contribution in [3.05, 3.63) is 70.1 Å². The van der Waals surface area contributed by atoms with Crippen LogP contribution >= 0.6 is 11.6 Å². The van der Waals surface area contributed by atoms with Gasteiger partial charge in [-0.25, -0.2) is 13.8 Å². The number of carbonyl (C=O) groups is 1.